The highest BCUT2D eigenvalue weighted by Crippen LogP contribution is 2.06. The first-order valence-corrected chi connectivity index (χ1v) is 6.35. The van der Waals surface area contributed by atoms with Crippen molar-refractivity contribution >= 4 is 18.3 Å². The third-order valence-electron chi connectivity index (χ3n) is 0.905. The first kappa shape index (κ1) is 7.17. The van der Waals surface area contributed by atoms with E-state index in [1.807, 2.05) is 0 Å². The average Bonchev–Trinajstić information content (AvgIpc) is 1.31. The molecule has 0 aromatic rings. The van der Waals surface area contributed by atoms with Gasteiger partial charge in [0.2, 0.25) is 0 Å². The summed E-state index contributed by atoms with van der Waals surface area (Å²) in [5, 5.41) is 0. The minimum absolute atomic E-state index is 1.02. The molecule has 0 unspecified atom stereocenters. The summed E-state index contributed by atoms with van der Waals surface area (Å²) in [6.07, 6.45) is 0. The number of hydrogen-bond donors (Lipinski definition) is 0. The van der Waals surface area contributed by atoms with Gasteiger partial charge in [-0.15, -0.1) is 11.4 Å². The average molecular weight is 127 g/mol. The Morgan fingerprint density at radius 1 is 1.43 bits per heavy atom. The van der Waals surface area contributed by atoms with Crippen molar-refractivity contribution in [2.75, 3.05) is 0 Å². The zero-order valence-electron chi connectivity index (χ0n) is 5.21. The molecule has 0 bridgehead atoms. The maximum absolute atomic E-state index is 3.80. The van der Waals surface area contributed by atoms with Gasteiger partial charge in [-0.3, -0.25) is 0 Å². The normalized spacial score (nSPS) is 11.4. The zero-order valence-corrected chi connectivity index (χ0v) is 7.21. The predicted octanol–water partition coefficient (Wildman–Crippen LogP) is 1.55. The molecule has 0 heterocycles. The lowest BCUT2D eigenvalue weighted by Crippen LogP contribution is -2.22. The van der Waals surface area contributed by atoms with Crippen LogP contribution >= 0.6 is 0 Å². The molecule has 7 heavy (non-hydrogen) atoms. The van der Waals surface area contributed by atoms with Gasteiger partial charge in [-0.2, -0.15) is 0 Å². The van der Waals surface area contributed by atoms with Gasteiger partial charge in [0.25, 0.3) is 0 Å². The van der Waals surface area contributed by atoms with Crippen LogP contribution < -0.4 is 0 Å². The standard InChI is InChI=1S/C5H11Si2/c1-5(6)7(2,3)4/h1H2,2-4H3. The van der Waals surface area contributed by atoms with Gasteiger partial charge in [0.15, 0.2) is 0 Å². The van der Waals surface area contributed by atoms with E-state index in [4.69, 9.17) is 0 Å². The lowest BCUT2D eigenvalue weighted by Gasteiger charge is -2.13. The smallest absolute Gasteiger partial charge is 0.0665 e. The van der Waals surface area contributed by atoms with Gasteiger partial charge in [-0.1, -0.05) is 19.6 Å². The Kier molecular flexibility index (Phi) is 2.01. The maximum Gasteiger partial charge on any atom is 0.0665 e. The topological polar surface area (TPSA) is 0 Å². The summed E-state index contributed by atoms with van der Waals surface area (Å²) in [6.45, 7) is 10.6. The molecular formula is C5H11Si2. The van der Waals surface area contributed by atoms with Crippen LogP contribution in [-0.4, -0.2) is 18.3 Å². The van der Waals surface area contributed by atoms with Crippen LogP contribution in [0, 0.1) is 0 Å². The first-order valence-electron chi connectivity index (χ1n) is 2.35. The van der Waals surface area contributed by atoms with Gasteiger partial charge in [-0.05, 0) is 0 Å². The molecule has 0 aliphatic rings. The molecule has 0 aromatic heterocycles. The molecule has 0 aliphatic carbocycles. The molecule has 0 saturated heterocycles. The van der Waals surface area contributed by atoms with Gasteiger partial charge in [0.05, 0.1) is 18.3 Å². The Balaban J connectivity index is 3.79. The highest BCUT2D eigenvalue weighted by Gasteiger charge is 2.11. The van der Waals surface area contributed by atoms with E-state index in [2.05, 4.69) is 36.5 Å². The molecular weight excluding hydrogens is 116 g/mol. The van der Waals surface area contributed by atoms with Crippen LogP contribution in [0.2, 0.25) is 19.6 Å². The fourth-order valence-electron chi connectivity index (χ4n) is 0. The second-order valence-corrected chi connectivity index (χ2v) is 8.94. The quantitative estimate of drug-likeness (QED) is 0.469. The van der Waals surface area contributed by atoms with E-state index in [0.29, 0.717) is 0 Å². The van der Waals surface area contributed by atoms with E-state index in [1.54, 1.807) is 0 Å². The van der Waals surface area contributed by atoms with E-state index in [1.165, 1.54) is 4.82 Å². The lowest BCUT2D eigenvalue weighted by atomic mass is 11.2. The molecule has 0 atom stereocenters. The third-order valence-corrected chi connectivity index (χ3v) is 4.97. The van der Waals surface area contributed by atoms with Crippen LogP contribution in [0.1, 0.15) is 0 Å². The summed E-state index contributed by atoms with van der Waals surface area (Å²) >= 11 is 0. The van der Waals surface area contributed by atoms with Crippen molar-refractivity contribution in [2.45, 2.75) is 19.6 Å². The monoisotopic (exact) mass is 127 g/mol. The molecule has 0 saturated carbocycles. The molecule has 2 heteroatoms. The minimum Gasteiger partial charge on any atom is -0.108 e. The fraction of sp³-hybridized carbons (Fsp3) is 0.600. The second-order valence-electron chi connectivity index (χ2n) is 2.73. The Bertz CT molecular complexity index is 78.6. The van der Waals surface area contributed by atoms with Gasteiger partial charge < -0.3 is 0 Å². The molecule has 0 spiro atoms. The molecule has 0 fully saturated rings. The van der Waals surface area contributed by atoms with Gasteiger partial charge >= 0.3 is 0 Å². The predicted molar refractivity (Wildman–Crippen MR) is 38.2 cm³/mol. The first-order chi connectivity index (χ1) is 2.94. The number of hydrogen-bond acceptors (Lipinski definition) is 0. The molecule has 0 amide bonds. The molecule has 39 valence electrons. The van der Waals surface area contributed by atoms with Crippen molar-refractivity contribution in [1.29, 1.82) is 0 Å². The van der Waals surface area contributed by atoms with Crippen molar-refractivity contribution in [3.8, 4) is 0 Å². The molecule has 0 aliphatic heterocycles. The molecule has 0 nitrogen and oxygen atoms in total. The molecule has 0 rings (SSSR count). The molecule has 0 N–H and O–H groups in total. The van der Waals surface area contributed by atoms with Crippen molar-refractivity contribution in [3.05, 3.63) is 11.4 Å². The summed E-state index contributed by atoms with van der Waals surface area (Å²) in [5.74, 6) is 0. The second kappa shape index (κ2) is 1.96. The molecule has 3 radical (unpaired) electrons. The summed E-state index contributed by atoms with van der Waals surface area (Å²) in [5.41, 5.74) is 0. The zero-order chi connectivity index (χ0) is 6.08. The maximum atomic E-state index is 3.80. The van der Waals surface area contributed by atoms with E-state index >= 15 is 0 Å². The Morgan fingerprint density at radius 3 is 1.57 bits per heavy atom. The van der Waals surface area contributed by atoms with E-state index < -0.39 is 8.07 Å². The Labute approximate surface area is 50.1 Å². The third kappa shape index (κ3) is 2.82. The van der Waals surface area contributed by atoms with E-state index in [9.17, 15) is 0 Å². The van der Waals surface area contributed by atoms with Crippen molar-refractivity contribution < 1.29 is 0 Å². The SMILES string of the molecule is C=C([Si])[Si](C)(C)C. The lowest BCUT2D eigenvalue weighted by molar-refractivity contribution is 1.75. The number of rotatable bonds is 1. The van der Waals surface area contributed by atoms with Crippen LogP contribution in [0.25, 0.3) is 0 Å². The van der Waals surface area contributed by atoms with Gasteiger partial charge in [0.1, 0.15) is 0 Å². The molecule has 0 aromatic carbocycles. The minimum atomic E-state index is -1.02. The van der Waals surface area contributed by atoms with Crippen LogP contribution in [0.3, 0.4) is 0 Å². The summed E-state index contributed by atoms with van der Waals surface area (Å²) in [6, 6.07) is 0. The van der Waals surface area contributed by atoms with E-state index in [0.717, 1.165) is 0 Å². The summed E-state index contributed by atoms with van der Waals surface area (Å²) < 4.78 is 0. The van der Waals surface area contributed by atoms with Gasteiger partial charge in [0, 0.05) is 0 Å². The van der Waals surface area contributed by atoms with Crippen LogP contribution in [0.4, 0.5) is 0 Å². The Hall–Kier alpha value is 0.174. The fourth-order valence-corrected chi connectivity index (χ4v) is 0. The van der Waals surface area contributed by atoms with Crippen molar-refractivity contribution in [1.82, 2.24) is 0 Å². The van der Waals surface area contributed by atoms with Crippen LogP contribution in [0.5, 0.6) is 0 Å². The largest absolute Gasteiger partial charge is 0.108 e. The summed E-state index contributed by atoms with van der Waals surface area (Å²) in [7, 11) is 2.39. The van der Waals surface area contributed by atoms with E-state index in [-0.39, 0.29) is 0 Å². The summed E-state index contributed by atoms with van der Waals surface area (Å²) in [4.78, 5) is 1.19. The highest BCUT2D eigenvalue weighted by molar-refractivity contribution is 6.89. The van der Waals surface area contributed by atoms with Crippen molar-refractivity contribution in [2.24, 2.45) is 0 Å². The Morgan fingerprint density at radius 2 is 1.57 bits per heavy atom. The van der Waals surface area contributed by atoms with Gasteiger partial charge in [-0.25, -0.2) is 0 Å². The highest BCUT2D eigenvalue weighted by atomic mass is 28.4. The van der Waals surface area contributed by atoms with Crippen LogP contribution in [-0.2, 0) is 0 Å². The van der Waals surface area contributed by atoms with Crippen molar-refractivity contribution in [3.63, 3.8) is 0 Å². The van der Waals surface area contributed by atoms with Crippen LogP contribution in [0.15, 0.2) is 11.4 Å².